The van der Waals surface area contributed by atoms with Gasteiger partial charge in [-0.25, -0.2) is 0 Å². The summed E-state index contributed by atoms with van der Waals surface area (Å²) >= 11 is 0. The average Bonchev–Trinajstić information content (AvgIpc) is 2.46. The van der Waals surface area contributed by atoms with E-state index in [1.54, 1.807) is 13.3 Å². The van der Waals surface area contributed by atoms with Gasteiger partial charge in [0.25, 0.3) is 0 Å². The van der Waals surface area contributed by atoms with Crippen molar-refractivity contribution in [2.24, 2.45) is 5.73 Å². The summed E-state index contributed by atoms with van der Waals surface area (Å²) in [7, 11) is 1.66. The van der Waals surface area contributed by atoms with Crippen LogP contribution >= 0.6 is 0 Å². The fraction of sp³-hybridized carbons (Fsp3) is 0.643. The van der Waals surface area contributed by atoms with Crippen molar-refractivity contribution in [2.45, 2.75) is 25.8 Å². The van der Waals surface area contributed by atoms with Gasteiger partial charge in [-0.15, -0.1) is 0 Å². The van der Waals surface area contributed by atoms with Crippen LogP contribution in [0.25, 0.3) is 0 Å². The summed E-state index contributed by atoms with van der Waals surface area (Å²) in [4.78, 5) is 4.29. The summed E-state index contributed by atoms with van der Waals surface area (Å²) in [5.74, 6) is 0.768. The molecule has 0 aliphatic carbocycles. The summed E-state index contributed by atoms with van der Waals surface area (Å²) in [6.45, 7) is 4.59. The molecule has 0 radical (unpaired) electrons. The number of nitrogens with two attached hydrogens (primary N) is 1. The molecule has 1 aromatic rings. The zero-order chi connectivity index (χ0) is 13.9. The first-order valence-corrected chi connectivity index (χ1v) is 6.69. The van der Waals surface area contributed by atoms with E-state index >= 15 is 0 Å². The van der Waals surface area contributed by atoms with E-state index in [2.05, 4.69) is 4.98 Å². The minimum atomic E-state index is 0.00299. The average molecular weight is 268 g/mol. The Balaban J connectivity index is 2.16. The summed E-state index contributed by atoms with van der Waals surface area (Å²) < 4.78 is 15.8. The molecule has 1 aromatic heterocycles. The number of ether oxygens (including phenoxy) is 3. The molecule has 0 bridgehead atoms. The Morgan fingerprint density at radius 3 is 2.68 bits per heavy atom. The molecule has 1 unspecified atom stereocenters. The van der Waals surface area contributed by atoms with Crippen LogP contribution in [0.5, 0.6) is 5.75 Å². The van der Waals surface area contributed by atoms with E-state index in [0.29, 0.717) is 26.4 Å². The van der Waals surface area contributed by atoms with Gasteiger partial charge in [-0.1, -0.05) is 6.92 Å². The lowest BCUT2D eigenvalue weighted by molar-refractivity contribution is 0.0644. The molecule has 0 aromatic carbocycles. The maximum atomic E-state index is 5.89. The Labute approximate surface area is 115 Å². The van der Waals surface area contributed by atoms with Crippen LogP contribution in [-0.2, 0) is 9.47 Å². The van der Waals surface area contributed by atoms with Gasteiger partial charge in [-0.3, -0.25) is 4.98 Å². The Morgan fingerprint density at radius 1 is 1.21 bits per heavy atom. The summed E-state index contributed by atoms with van der Waals surface area (Å²) in [5, 5.41) is 0. The van der Waals surface area contributed by atoms with Gasteiger partial charge < -0.3 is 19.9 Å². The largest absolute Gasteiger partial charge is 0.492 e. The second kappa shape index (κ2) is 9.72. The van der Waals surface area contributed by atoms with Crippen molar-refractivity contribution in [1.82, 2.24) is 4.98 Å². The van der Waals surface area contributed by atoms with Crippen LogP contribution in [0.3, 0.4) is 0 Å². The molecule has 0 aliphatic heterocycles. The smallest absolute Gasteiger partial charge is 0.137 e. The van der Waals surface area contributed by atoms with E-state index in [1.165, 1.54) is 0 Å². The topological polar surface area (TPSA) is 66.6 Å². The Morgan fingerprint density at radius 2 is 2.05 bits per heavy atom. The molecule has 1 atom stereocenters. The summed E-state index contributed by atoms with van der Waals surface area (Å²) in [6, 6.07) is 3.82. The van der Waals surface area contributed by atoms with E-state index in [9.17, 15) is 0 Å². The zero-order valence-corrected chi connectivity index (χ0v) is 11.8. The number of methoxy groups -OCH3 is 1. The van der Waals surface area contributed by atoms with Crippen molar-refractivity contribution >= 4 is 0 Å². The predicted molar refractivity (Wildman–Crippen MR) is 74.3 cm³/mol. The van der Waals surface area contributed by atoms with Crippen molar-refractivity contribution in [3.05, 3.63) is 24.0 Å². The first-order valence-electron chi connectivity index (χ1n) is 6.69. The third-order valence-corrected chi connectivity index (χ3v) is 2.71. The van der Waals surface area contributed by atoms with Crippen molar-refractivity contribution in [1.29, 1.82) is 0 Å². The van der Waals surface area contributed by atoms with E-state index in [1.807, 2.05) is 19.1 Å². The number of rotatable bonds is 10. The predicted octanol–water partition coefficient (Wildman–Crippen LogP) is 1.92. The fourth-order valence-corrected chi connectivity index (χ4v) is 1.50. The molecule has 5 nitrogen and oxygen atoms in total. The zero-order valence-electron chi connectivity index (χ0n) is 11.8. The first kappa shape index (κ1) is 15.9. The molecule has 108 valence electrons. The number of hydrogen-bond donors (Lipinski definition) is 1. The first-order chi connectivity index (χ1) is 9.27. The van der Waals surface area contributed by atoms with Crippen LogP contribution in [0, 0.1) is 0 Å². The van der Waals surface area contributed by atoms with E-state index in [-0.39, 0.29) is 6.04 Å². The van der Waals surface area contributed by atoms with Gasteiger partial charge in [0.05, 0.1) is 31.7 Å². The van der Waals surface area contributed by atoms with E-state index in [4.69, 9.17) is 19.9 Å². The highest BCUT2D eigenvalue weighted by Crippen LogP contribution is 2.15. The van der Waals surface area contributed by atoms with Gasteiger partial charge in [-0.05, 0) is 18.6 Å². The third kappa shape index (κ3) is 6.52. The molecule has 19 heavy (non-hydrogen) atoms. The molecule has 1 rings (SSSR count). The molecule has 0 amide bonds. The lowest BCUT2D eigenvalue weighted by Crippen LogP contribution is -2.10. The number of aromatic nitrogens is 1. The van der Waals surface area contributed by atoms with Gasteiger partial charge in [0.1, 0.15) is 5.75 Å². The van der Waals surface area contributed by atoms with Crippen LogP contribution in [0.1, 0.15) is 31.5 Å². The standard InChI is InChI=1S/C14H24N2O3/c1-3-13(15)14-6-5-12(11-16-14)19-8-4-7-18-10-9-17-2/h5-6,11,13H,3-4,7-10,15H2,1-2H3. The molecule has 1 heterocycles. The molecule has 5 heteroatoms. The van der Waals surface area contributed by atoms with Crippen LogP contribution < -0.4 is 10.5 Å². The van der Waals surface area contributed by atoms with Crippen LogP contribution in [0.4, 0.5) is 0 Å². The van der Waals surface area contributed by atoms with Gasteiger partial charge >= 0.3 is 0 Å². The molecule has 0 fully saturated rings. The molecule has 0 saturated heterocycles. The third-order valence-electron chi connectivity index (χ3n) is 2.71. The monoisotopic (exact) mass is 268 g/mol. The van der Waals surface area contributed by atoms with Crippen LogP contribution in [-0.4, -0.2) is 38.5 Å². The lowest BCUT2D eigenvalue weighted by atomic mass is 10.1. The van der Waals surface area contributed by atoms with Crippen molar-refractivity contribution in [3.63, 3.8) is 0 Å². The summed E-state index contributed by atoms with van der Waals surface area (Å²) in [5.41, 5.74) is 6.79. The lowest BCUT2D eigenvalue weighted by Gasteiger charge is -2.10. The molecule has 0 spiro atoms. The van der Waals surface area contributed by atoms with Gasteiger partial charge in [0, 0.05) is 26.2 Å². The maximum Gasteiger partial charge on any atom is 0.137 e. The van der Waals surface area contributed by atoms with Gasteiger partial charge in [-0.2, -0.15) is 0 Å². The molecule has 0 saturated carbocycles. The number of nitrogens with zero attached hydrogens (tertiary/aromatic N) is 1. The van der Waals surface area contributed by atoms with Crippen molar-refractivity contribution in [3.8, 4) is 5.75 Å². The SMILES string of the molecule is CCC(N)c1ccc(OCCCOCCOC)cn1. The molecule has 0 aliphatic rings. The highest BCUT2D eigenvalue weighted by Gasteiger charge is 2.04. The second-order valence-corrected chi connectivity index (χ2v) is 4.24. The number of hydrogen-bond acceptors (Lipinski definition) is 5. The highest BCUT2D eigenvalue weighted by molar-refractivity contribution is 5.21. The van der Waals surface area contributed by atoms with Gasteiger partial charge in [0.2, 0.25) is 0 Å². The van der Waals surface area contributed by atoms with Crippen LogP contribution in [0.15, 0.2) is 18.3 Å². The second-order valence-electron chi connectivity index (χ2n) is 4.24. The fourth-order valence-electron chi connectivity index (χ4n) is 1.50. The molecular formula is C14H24N2O3. The van der Waals surface area contributed by atoms with E-state index in [0.717, 1.165) is 24.3 Å². The quantitative estimate of drug-likeness (QED) is 0.657. The molecule has 2 N–H and O–H groups in total. The summed E-state index contributed by atoms with van der Waals surface area (Å²) in [6.07, 6.45) is 3.45. The maximum absolute atomic E-state index is 5.89. The Bertz CT molecular complexity index is 330. The Kier molecular flexibility index (Phi) is 8.13. The normalized spacial score (nSPS) is 12.4. The van der Waals surface area contributed by atoms with Crippen molar-refractivity contribution in [2.75, 3.05) is 33.5 Å². The molecular weight excluding hydrogens is 244 g/mol. The highest BCUT2D eigenvalue weighted by atomic mass is 16.5. The minimum Gasteiger partial charge on any atom is -0.492 e. The number of pyridine rings is 1. The Hall–Kier alpha value is -1.17. The van der Waals surface area contributed by atoms with Crippen molar-refractivity contribution < 1.29 is 14.2 Å². The van der Waals surface area contributed by atoms with Gasteiger partial charge in [0.15, 0.2) is 0 Å². The minimum absolute atomic E-state index is 0.00299. The van der Waals surface area contributed by atoms with Crippen LogP contribution in [0.2, 0.25) is 0 Å². The van der Waals surface area contributed by atoms with E-state index < -0.39 is 0 Å².